The number of halogens is 2. The molecule has 3 amide bonds. The van der Waals surface area contributed by atoms with Crippen LogP contribution in [0.3, 0.4) is 0 Å². The van der Waals surface area contributed by atoms with Crippen molar-refractivity contribution in [1.82, 2.24) is 4.90 Å². The van der Waals surface area contributed by atoms with Gasteiger partial charge in [0.1, 0.15) is 11.6 Å². The number of ether oxygens (including phenoxy) is 2. The van der Waals surface area contributed by atoms with Crippen LogP contribution in [0.4, 0.5) is 14.9 Å². The van der Waals surface area contributed by atoms with E-state index in [2.05, 4.69) is 5.32 Å². The molecule has 1 saturated heterocycles. The summed E-state index contributed by atoms with van der Waals surface area (Å²) in [6, 6.07) is 10.1. The van der Waals surface area contributed by atoms with Crippen LogP contribution in [-0.4, -0.2) is 48.8 Å². The van der Waals surface area contributed by atoms with Crippen molar-refractivity contribution in [2.24, 2.45) is 0 Å². The first-order valence-corrected chi connectivity index (χ1v) is 10.3. The van der Waals surface area contributed by atoms with Crippen molar-refractivity contribution in [2.75, 3.05) is 32.2 Å². The smallest absolute Gasteiger partial charge is 0.293 e. The maximum Gasteiger partial charge on any atom is 0.293 e. The van der Waals surface area contributed by atoms with E-state index in [-0.39, 0.29) is 46.6 Å². The van der Waals surface area contributed by atoms with E-state index in [9.17, 15) is 18.8 Å². The summed E-state index contributed by atoms with van der Waals surface area (Å²) in [6.07, 6.45) is 1.56. The maximum absolute atomic E-state index is 12.9. The molecule has 0 aromatic heterocycles. The minimum atomic E-state index is -0.434. The van der Waals surface area contributed by atoms with Gasteiger partial charge in [0.05, 0.1) is 23.1 Å². The Kier molecular flexibility index (Phi) is 7.67. The Balaban J connectivity index is 1.60. The Morgan fingerprint density at radius 1 is 1.23 bits per heavy atom. The summed E-state index contributed by atoms with van der Waals surface area (Å²) in [5.74, 6) is -0.945. The number of imide groups is 1. The van der Waals surface area contributed by atoms with E-state index in [4.69, 9.17) is 21.1 Å². The second kappa shape index (κ2) is 10.4. The summed E-state index contributed by atoms with van der Waals surface area (Å²) < 4.78 is 23.3. The third-order valence-corrected chi connectivity index (χ3v) is 5.34. The van der Waals surface area contributed by atoms with Crippen LogP contribution < -0.4 is 10.1 Å². The highest BCUT2D eigenvalue weighted by Crippen LogP contribution is 2.33. The number of benzene rings is 2. The van der Waals surface area contributed by atoms with Gasteiger partial charge in [0.2, 0.25) is 0 Å². The van der Waals surface area contributed by atoms with Gasteiger partial charge in [-0.3, -0.25) is 19.3 Å². The van der Waals surface area contributed by atoms with E-state index >= 15 is 0 Å². The molecule has 7 nitrogen and oxygen atoms in total. The van der Waals surface area contributed by atoms with Crippen molar-refractivity contribution < 1.29 is 28.2 Å². The first-order chi connectivity index (χ1) is 14.9. The number of nitrogens with one attached hydrogen (secondary N) is 1. The minimum Gasteiger partial charge on any atom is -0.482 e. The van der Waals surface area contributed by atoms with Crippen LogP contribution in [0.2, 0.25) is 5.02 Å². The number of methoxy groups -OCH3 is 1. The van der Waals surface area contributed by atoms with Crippen molar-refractivity contribution >= 4 is 52.2 Å². The van der Waals surface area contributed by atoms with Crippen LogP contribution in [0.25, 0.3) is 6.08 Å². The second-order valence-corrected chi connectivity index (χ2v) is 7.76. The van der Waals surface area contributed by atoms with Crippen LogP contribution in [0.15, 0.2) is 47.4 Å². The lowest BCUT2D eigenvalue weighted by Gasteiger charge is -2.11. The molecule has 162 valence electrons. The fourth-order valence-electron chi connectivity index (χ4n) is 2.62. The highest BCUT2D eigenvalue weighted by Gasteiger charge is 2.34. The Labute approximate surface area is 187 Å². The fraction of sp³-hybridized carbons (Fsp3) is 0.190. The Hall–Kier alpha value is -2.88. The second-order valence-electron chi connectivity index (χ2n) is 6.36. The Bertz CT molecular complexity index is 1030. The summed E-state index contributed by atoms with van der Waals surface area (Å²) >= 11 is 7.07. The molecule has 0 bridgehead atoms. The van der Waals surface area contributed by atoms with Crippen LogP contribution in [0.5, 0.6) is 5.75 Å². The van der Waals surface area contributed by atoms with Gasteiger partial charge in [0, 0.05) is 12.8 Å². The molecular weight excluding hydrogens is 447 g/mol. The molecule has 1 heterocycles. The molecule has 0 saturated carbocycles. The van der Waals surface area contributed by atoms with Crippen molar-refractivity contribution in [3.8, 4) is 5.75 Å². The van der Waals surface area contributed by atoms with Gasteiger partial charge in [-0.05, 0) is 59.8 Å². The molecule has 1 fully saturated rings. The number of rotatable bonds is 8. The molecule has 0 spiro atoms. The molecule has 0 unspecified atom stereocenters. The summed E-state index contributed by atoms with van der Waals surface area (Å²) in [5, 5.41) is 2.46. The molecule has 2 aromatic rings. The molecule has 1 aliphatic rings. The van der Waals surface area contributed by atoms with Crippen molar-refractivity contribution in [3.05, 3.63) is 63.8 Å². The van der Waals surface area contributed by atoms with Crippen LogP contribution in [0, 0.1) is 5.82 Å². The highest BCUT2D eigenvalue weighted by atomic mass is 35.5. The van der Waals surface area contributed by atoms with Gasteiger partial charge >= 0.3 is 0 Å². The van der Waals surface area contributed by atoms with Crippen LogP contribution in [-0.2, 0) is 14.3 Å². The first kappa shape index (κ1) is 22.8. The summed E-state index contributed by atoms with van der Waals surface area (Å²) in [7, 11) is 1.49. The molecule has 0 atom stereocenters. The monoisotopic (exact) mass is 464 g/mol. The number of amides is 3. The summed E-state index contributed by atoms with van der Waals surface area (Å²) in [5.41, 5.74) is 1.04. The number of thioether (sulfide) groups is 1. The van der Waals surface area contributed by atoms with Gasteiger partial charge in [-0.1, -0.05) is 17.7 Å². The molecular formula is C21H18ClFN2O5S. The highest BCUT2D eigenvalue weighted by molar-refractivity contribution is 8.18. The average molecular weight is 465 g/mol. The zero-order valence-electron chi connectivity index (χ0n) is 16.4. The molecule has 31 heavy (non-hydrogen) atoms. The SMILES string of the molecule is COCCN1C(=O)S/C(=C/c2ccc(OCC(=O)Nc3ccc(F)cc3)c(Cl)c2)C1=O. The van der Waals surface area contributed by atoms with Crippen LogP contribution >= 0.6 is 23.4 Å². The van der Waals surface area contributed by atoms with E-state index in [0.717, 1.165) is 16.7 Å². The molecule has 1 aliphatic heterocycles. The number of hydrogen-bond acceptors (Lipinski definition) is 6. The first-order valence-electron chi connectivity index (χ1n) is 9.09. The predicted octanol–water partition coefficient (Wildman–Crippen LogP) is 4.18. The molecule has 0 aliphatic carbocycles. The number of hydrogen-bond donors (Lipinski definition) is 1. The summed E-state index contributed by atoms with van der Waals surface area (Å²) in [6.45, 7) is 0.152. The van der Waals surface area contributed by atoms with E-state index in [0.29, 0.717) is 11.3 Å². The van der Waals surface area contributed by atoms with Gasteiger partial charge in [-0.15, -0.1) is 0 Å². The van der Waals surface area contributed by atoms with Gasteiger partial charge in [-0.2, -0.15) is 0 Å². The fourth-order valence-corrected chi connectivity index (χ4v) is 3.73. The lowest BCUT2D eigenvalue weighted by atomic mass is 10.2. The zero-order valence-corrected chi connectivity index (χ0v) is 18.0. The van der Waals surface area contributed by atoms with Gasteiger partial charge < -0.3 is 14.8 Å². The van der Waals surface area contributed by atoms with E-state index in [1.807, 2.05) is 0 Å². The molecule has 2 aromatic carbocycles. The molecule has 1 N–H and O–H groups in total. The normalized spacial score (nSPS) is 14.9. The Morgan fingerprint density at radius 2 is 1.97 bits per heavy atom. The third-order valence-electron chi connectivity index (χ3n) is 4.13. The largest absolute Gasteiger partial charge is 0.482 e. The number of nitrogens with zero attached hydrogens (tertiary/aromatic N) is 1. The third kappa shape index (κ3) is 6.06. The lowest BCUT2D eigenvalue weighted by Crippen LogP contribution is -2.31. The molecule has 10 heteroatoms. The zero-order chi connectivity index (χ0) is 22.4. The van der Waals surface area contributed by atoms with E-state index in [1.54, 1.807) is 24.3 Å². The minimum absolute atomic E-state index is 0.187. The number of carbonyl (C=O) groups is 3. The van der Waals surface area contributed by atoms with Gasteiger partial charge in [0.25, 0.3) is 17.1 Å². The Morgan fingerprint density at radius 3 is 2.65 bits per heavy atom. The van der Waals surface area contributed by atoms with Crippen molar-refractivity contribution in [1.29, 1.82) is 0 Å². The van der Waals surface area contributed by atoms with Crippen molar-refractivity contribution in [2.45, 2.75) is 0 Å². The lowest BCUT2D eigenvalue weighted by molar-refractivity contribution is -0.123. The van der Waals surface area contributed by atoms with E-state index in [1.165, 1.54) is 31.4 Å². The standard InChI is InChI=1S/C21H18ClFN2O5S/c1-29-9-8-25-20(27)18(31-21(25)28)11-13-2-7-17(16(22)10-13)30-12-19(26)24-15-5-3-14(23)4-6-15/h2-7,10-11H,8-9,12H2,1H3,(H,24,26)/b18-11+. The van der Waals surface area contributed by atoms with Crippen molar-refractivity contribution in [3.63, 3.8) is 0 Å². The topological polar surface area (TPSA) is 84.9 Å². The van der Waals surface area contributed by atoms with Gasteiger partial charge in [-0.25, -0.2) is 4.39 Å². The average Bonchev–Trinajstić information content (AvgIpc) is 3.00. The quantitative estimate of drug-likeness (QED) is 0.590. The van der Waals surface area contributed by atoms with E-state index < -0.39 is 11.7 Å². The number of anilines is 1. The summed E-state index contributed by atoms with van der Waals surface area (Å²) in [4.78, 5) is 37.7. The predicted molar refractivity (Wildman–Crippen MR) is 117 cm³/mol. The maximum atomic E-state index is 12.9. The van der Waals surface area contributed by atoms with Gasteiger partial charge in [0.15, 0.2) is 6.61 Å². The molecule has 3 rings (SSSR count). The van der Waals surface area contributed by atoms with Crippen LogP contribution in [0.1, 0.15) is 5.56 Å². The molecule has 0 radical (unpaired) electrons. The number of carbonyl (C=O) groups excluding carboxylic acids is 3.